The van der Waals surface area contributed by atoms with Crippen LogP contribution in [0.5, 0.6) is 0 Å². The van der Waals surface area contributed by atoms with Crippen molar-refractivity contribution in [2.24, 2.45) is 0 Å². The molecule has 2 aromatic heterocycles. The molecule has 0 bridgehead atoms. The molecule has 3 heterocycles. The van der Waals surface area contributed by atoms with Gasteiger partial charge in [0.25, 0.3) is 5.91 Å². The van der Waals surface area contributed by atoms with E-state index in [9.17, 15) is 4.79 Å². The van der Waals surface area contributed by atoms with Gasteiger partial charge >= 0.3 is 0 Å². The number of carbonyl (C=O) groups is 1. The monoisotopic (exact) mass is 423 g/mol. The summed E-state index contributed by atoms with van der Waals surface area (Å²) in [5.74, 6) is -0.102. The van der Waals surface area contributed by atoms with Crippen molar-refractivity contribution >= 4 is 54.1 Å². The number of aromatic nitrogens is 2. The van der Waals surface area contributed by atoms with E-state index in [1.807, 2.05) is 24.3 Å². The number of thiazole rings is 2. The van der Waals surface area contributed by atoms with Gasteiger partial charge in [-0.25, -0.2) is 9.97 Å². The molecule has 1 fully saturated rings. The third-order valence-corrected chi connectivity index (χ3v) is 7.43. The molecule has 1 amide bonds. The van der Waals surface area contributed by atoms with Crippen LogP contribution >= 0.6 is 22.7 Å². The number of aryl methyl sites for hydroxylation is 2. The standard InChI is InChI=1S/C22H21N3O2S2/c1-13-10-14(2)19-17(11-13)24-22(29-19)25(12-15-6-5-9-27-15)21(26)20-23-16-7-3-4-8-18(16)28-20/h3-4,7-8,10-11,15H,5-6,9,12H2,1-2H3. The van der Waals surface area contributed by atoms with E-state index >= 15 is 0 Å². The number of amides is 1. The van der Waals surface area contributed by atoms with E-state index in [1.54, 1.807) is 16.2 Å². The predicted octanol–water partition coefficient (Wildman–Crippen LogP) is 5.35. The number of fused-ring (bicyclic) bond motifs is 2. The molecule has 5 nitrogen and oxygen atoms in total. The van der Waals surface area contributed by atoms with Gasteiger partial charge in [-0.05, 0) is 56.0 Å². The van der Waals surface area contributed by atoms with Crippen molar-refractivity contribution in [1.82, 2.24) is 9.97 Å². The van der Waals surface area contributed by atoms with Gasteiger partial charge in [0.05, 0.1) is 33.1 Å². The molecule has 0 spiro atoms. The van der Waals surface area contributed by atoms with Crippen LogP contribution in [-0.4, -0.2) is 35.1 Å². The average Bonchev–Trinajstić information content (AvgIpc) is 3.44. The number of rotatable bonds is 4. The quantitative estimate of drug-likeness (QED) is 0.444. The van der Waals surface area contributed by atoms with E-state index in [4.69, 9.17) is 9.72 Å². The maximum atomic E-state index is 13.5. The van der Waals surface area contributed by atoms with E-state index in [0.717, 1.165) is 39.9 Å². The molecule has 1 aliphatic rings. The van der Waals surface area contributed by atoms with E-state index in [-0.39, 0.29) is 12.0 Å². The van der Waals surface area contributed by atoms with Gasteiger partial charge in [-0.1, -0.05) is 29.5 Å². The third-order valence-electron chi connectivity index (χ3n) is 5.17. The minimum atomic E-state index is -0.102. The first kappa shape index (κ1) is 18.7. The number of hydrogen-bond acceptors (Lipinski definition) is 6. The fourth-order valence-corrected chi connectivity index (χ4v) is 5.74. The summed E-state index contributed by atoms with van der Waals surface area (Å²) in [5, 5.41) is 1.21. The van der Waals surface area contributed by atoms with Crippen LogP contribution in [0, 0.1) is 13.8 Å². The van der Waals surface area contributed by atoms with Crippen LogP contribution in [0.1, 0.15) is 33.8 Å². The molecule has 1 atom stereocenters. The number of carbonyl (C=O) groups excluding carboxylic acids is 1. The largest absolute Gasteiger partial charge is 0.376 e. The van der Waals surface area contributed by atoms with Crippen LogP contribution in [0.15, 0.2) is 36.4 Å². The molecule has 1 saturated heterocycles. The molecular weight excluding hydrogens is 402 g/mol. The molecule has 4 aromatic rings. The maximum absolute atomic E-state index is 13.5. The van der Waals surface area contributed by atoms with Gasteiger partial charge in [0.15, 0.2) is 10.1 Å². The van der Waals surface area contributed by atoms with Gasteiger partial charge in [0.2, 0.25) is 0 Å². The number of para-hydroxylation sites is 1. The van der Waals surface area contributed by atoms with Crippen LogP contribution < -0.4 is 4.90 Å². The van der Waals surface area contributed by atoms with E-state index in [0.29, 0.717) is 16.7 Å². The first-order valence-electron chi connectivity index (χ1n) is 9.75. The summed E-state index contributed by atoms with van der Waals surface area (Å²) in [6.45, 7) is 5.43. The first-order chi connectivity index (χ1) is 14.1. The topological polar surface area (TPSA) is 55.3 Å². The third kappa shape index (κ3) is 3.54. The minimum absolute atomic E-state index is 0.0446. The SMILES string of the molecule is Cc1cc(C)c2sc(N(CC3CCCO3)C(=O)c3nc4ccccc4s3)nc2c1. The Morgan fingerprint density at radius 3 is 2.83 bits per heavy atom. The first-order valence-corrected chi connectivity index (χ1v) is 11.4. The van der Waals surface area contributed by atoms with Gasteiger partial charge in [-0.3, -0.25) is 9.69 Å². The van der Waals surface area contributed by atoms with Gasteiger partial charge in [0.1, 0.15) is 0 Å². The zero-order valence-electron chi connectivity index (χ0n) is 16.3. The number of benzene rings is 2. The van der Waals surface area contributed by atoms with Crippen LogP contribution in [0.25, 0.3) is 20.4 Å². The number of hydrogen-bond donors (Lipinski definition) is 0. The summed E-state index contributed by atoms with van der Waals surface area (Å²) in [6, 6.07) is 12.1. The minimum Gasteiger partial charge on any atom is -0.376 e. The fraction of sp³-hybridized carbons (Fsp3) is 0.318. The predicted molar refractivity (Wildman–Crippen MR) is 119 cm³/mol. The van der Waals surface area contributed by atoms with Crippen molar-refractivity contribution in [2.45, 2.75) is 32.8 Å². The van der Waals surface area contributed by atoms with Gasteiger partial charge in [-0.15, -0.1) is 11.3 Å². The highest BCUT2D eigenvalue weighted by atomic mass is 32.1. The van der Waals surface area contributed by atoms with E-state index in [1.165, 1.54) is 22.5 Å². The maximum Gasteiger partial charge on any atom is 0.289 e. The Labute approximate surface area is 177 Å². The second kappa shape index (κ2) is 7.48. The van der Waals surface area contributed by atoms with Crippen LogP contribution in [-0.2, 0) is 4.74 Å². The number of anilines is 1. The van der Waals surface area contributed by atoms with Crippen molar-refractivity contribution in [2.75, 3.05) is 18.1 Å². The van der Waals surface area contributed by atoms with Gasteiger partial charge in [-0.2, -0.15) is 0 Å². The van der Waals surface area contributed by atoms with Crippen molar-refractivity contribution in [1.29, 1.82) is 0 Å². The van der Waals surface area contributed by atoms with Crippen molar-refractivity contribution in [3.8, 4) is 0 Å². The highest BCUT2D eigenvalue weighted by Gasteiger charge is 2.29. The molecular formula is C22H21N3O2S2. The molecule has 5 rings (SSSR count). The Bertz CT molecular complexity index is 1170. The van der Waals surface area contributed by atoms with Crippen molar-refractivity contribution in [3.63, 3.8) is 0 Å². The van der Waals surface area contributed by atoms with Crippen molar-refractivity contribution in [3.05, 3.63) is 52.5 Å². The summed E-state index contributed by atoms with van der Waals surface area (Å²) in [6.07, 6.45) is 2.04. The lowest BCUT2D eigenvalue weighted by molar-refractivity contribution is 0.0917. The lowest BCUT2D eigenvalue weighted by Gasteiger charge is -2.22. The second-order valence-electron chi connectivity index (χ2n) is 7.46. The lowest BCUT2D eigenvalue weighted by atomic mass is 10.1. The van der Waals surface area contributed by atoms with Crippen molar-refractivity contribution < 1.29 is 9.53 Å². The molecule has 0 N–H and O–H groups in total. The molecule has 0 saturated carbocycles. The summed E-state index contributed by atoms with van der Waals surface area (Å²) >= 11 is 3.00. The molecule has 7 heteroatoms. The normalized spacial score (nSPS) is 16.7. The molecule has 29 heavy (non-hydrogen) atoms. The fourth-order valence-electron chi connectivity index (χ4n) is 3.80. The van der Waals surface area contributed by atoms with E-state index in [2.05, 4.69) is 31.0 Å². The zero-order chi connectivity index (χ0) is 20.0. The molecule has 1 aliphatic heterocycles. The molecule has 0 radical (unpaired) electrons. The van der Waals surface area contributed by atoms with E-state index < -0.39 is 0 Å². The molecule has 148 valence electrons. The molecule has 1 unspecified atom stereocenters. The zero-order valence-corrected chi connectivity index (χ0v) is 18.0. The number of ether oxygens (including phenoxy) is 1. The second-order valence-corrected chi connectivity index (χ2v) is 9.47. The smallest absolute Gasteiger partial charge is 0.289 e. The summed E-state index contributed by atoms with van der Waals surface area (Å²) in [7, 11) is 0. The molecule has 0 aliphatic carbocycles. The average molecular weight is 424 g/mol. The Morgan fingerprint density at radius 1 is 1.17 bits per heavy atom. The number of nitrogens with zero attached hydrogens (tertiary/aromatic N) is 3. The summed E-state index contributed by atoms with van der Waals surface area (Å²) in [5.41, 5.74) is 4.16. The van der Waals surface area contributed by atoms with Gasteiger partial charge in [0, 0.05) is 6.61 Å². The highest BCUT2D eigenvalue weighted by Crippen LogP contribution is 2.34. The lowest BCUT2D eigenvalue weighted by Crippen LogP contribution is -2.37. The summed E-state index contributed by atoms with van der Waals surface area (Å²) < 4.78 is 7.98. The van der Waals surface area contributed by atoms with Gasteiger partial charge < -0.3 is 4.74 Å². The Kier molecular flexibility index (Phi) is 4.81. The Morgan fingerprint density at radius 2 is 2.03 bits per heavy atom. The Hall–Kier alpha value is -2.35. The van der Waals surface area contributed by atoms with Crippen LogP contribution in [0.2, 0.25) is 0 Å². The Balaban J connectivity index is 1.57. The molecule has 2 aromatic carbocycles. The van der Waals surface area contributed by atoms with Crippen LogP contribution in [0.4, 0.5) is 5.13 Å². The summed E-state index contributed by atoms with van der Waals surface area (Å²) in [4.78, 5) is 24.7. The highest BCUT2D eigenvalue weighted by molar-refractivity contribution is 7.23. The van der Waals surface area contributed by atoms with Crippen LogP contribution in [0.3, 0.4) is 0 Å².